The van der Waals surface area contributed by atoms with Crippen molar-refractivity contribution in [3.05, 3.63) is 58.6 Å². The largest absolute Gasteiger partial charge is 0.455 e. The maximum absolute atomic E-state index is 10.7. The van der Waals surface area contributed by atoms with E-state index in [2.05, 4.69) is 4.72 Å². The lowest BCUT2D eigenvalue weighted by Gasteiger charge is -2.09. The number of para-hydroxylation sites is 1. The highest BCUT2D eigenvalue weighted by atomic mass is 32.2. The van der Waals surface area contributed by atoms with E-state index in [1.807, 2.05) is 0 Å². The molecule has 8 heteroatoms. The highest BCUT2D eigenvalue weighted by molar-refractivity contribution is 7.73. The van der Waals surface area contributed by atoms with Gasteiger partial charge in [0.15, 0.2) is 5.75 Å². The van der Waals surface area contributed by atoms with Crippen LogP contribution in [0, 0.1) is 10.1 Å². The van der Waals surface area contributed by atoms with Crippen molar-refractivity contribution >= 4 is 22.3 Å². The molecular weight excluding hydrogens is 284 g/mol. The Morgan fingerprint density at radius 3 is 2.40 bits per heavy atom. The first kappa shape index (κ1) is 13.8. The van der Waals surface area contributed by atoms with Crippen molar-refractivity contribution < 1.29 is 18.1 Å². The molecule has 0 aliphatic carbocycles. The molecule has 0 aliphatic rings. The SMILES string of the molecule is O=[N+]([O-])c1ccc(N[SH](=O)=O)c(Oc2ccccc2)c1. The van der Waals surface area contributed by atoms with E-state index in [4.69, 9.17) is 4.74 Å². The molecule has 0 atom stereocenters. The van der Waals surface area contributed by atoms with E-state index in [1.165, 1.54) is 12.1 Å². The monoisotopic (exact) mass is 294 g/mol. The third-order valence-corrected chi connectivity index (χ3v) is 2.78. The van der Waals surface area contributed by atoms with Crippen LogP contribution in [0.25, 0.3) is 0 Å². The van der Waals surface area contributed by atoms with Crippen LogP contribution in [0.4, 0.5) is 11.4 Å². The number of hydrogen-bond donors (Lipinski definition) is 2. The second-order valence-corrected chi connectivity index (χ2v) is 4.46. The van der Waals surface area contributed by atoms with Gasteiger partial charge in [0.05, 0.1) is 16.7 Å². The molecule has 0 heterocycles. The van der Waals surface area contributed by atoms with Gasteiger partial charge >= 0.3 is 0 Å². The predicted molar refractivity (Wildman–Crippen MR) is 73.5 cm³/mol. The van der Waals surface area contributed by atoms with Gasteiger partial charge < -0.3 is 4.74 Å². The van der Waals surface area contributed by atoms with E-state index in [-0.39, 0.29) is 17.1 Å². The number of benzene rings is 2. The zero-order valence-corrected chi connectivity index (χ0v) is 10.9. The van der Waals surface area contributed by atoms with Gasteiger partial charge in [-0.1, -0.05) is 18.2 Å². The molecule has 1 N–H and O–H groups in total. The topological polar surface area (TPSA) is 98.5 Å². The highest BCUT2D eigenvalue weighted by Gasteiger charge is 2.13. The van der Waals surface area contributed by atoms with Gasteiger partial charge in [0.25, 0.3) is 5.69 Å². The maximum Gasteiger partial charge on any atom is 0.273 e. The van der Waals surface area contributed by atoms with Crippen molar-refractivity contribution in [3.8, 4) is 11.5 Å². The normalized spacial score (nSPS) is 10.2. The van der Waals surface area contributed by atoms with E-state index in [0.717, 1.165) is 6.07 Å². The number of nitrogens with zero attached hydrogens (tertiary/aromatic N) is 1. The van der Waals surface area contributed by atoms with Crippen LogP contribution in [-0.2, 0) is 10.9 Å². The zero-order chi connectivity index (χ0) is 14.5. The van der Waals surface area contributed by atoms with Crippen LogP contribution in [0.1, 0.15) is 0 Å². The number of thiol groups is 1. The standard InChI is InChI=1S/C12H10N2O5S/c15-14(16)9-6-7-11(13-20(17)18)12(8-9)19-10-4-2-1-3-5-10/h1-8,20H,(H,13,17,18). The van der Waals surface area contributed by atoms with Crippen molar-refractivity contribution in [3.63, 3.8) is 0 Å². The number of nitrogens with one attached hydrogen (secondary N) is 1. The summed E-state index contributed by atoms with van der Waals surface area (Å²) in [5, 5.41) is 10.7. The number of nitro benzene ring substituents is 1. The average Bonchev–Trinajstić information content (AvgIpc) is 2.41. The lowest BCUT2D eigenvalue weighted by molar-refractivity contribution is -0.384. The summed E-state index contributed by atoms with van der Waals surface area (Å²) in [5.74, 6) is 0.502. The summed E-state index contributed by atoms with van der Waals surface area (Å²) in [5.41, 5.74) is -0.0572. The molecule has 0 saturated carbocycles. The molecule has 2 aromatic rings. The average molecular weight is 294 g/mol. The quantitative estimate of drug-likeness (QED) is 0.501. The van der Waals surface area contributed by atoms with Crippen LogP contribution in [0.2, 0.25) is 0 Å². The van der Waals surface area contributed by atoms with Crippen molar-refractivity contribution in [2.75, 3.05) is 4.72 Å². The second kappa shape index (κ2) is 6.02. The molecule has 0 amide bonds. The predicted octanol–water partition coefficient (Wildman–Crippen LogP) is 2.33. The zero-order valence-electron chi connectivity index (χ0n) is 10.1. The van der Waals surface area contributed by atoms with E-state index >= 15 is 0 Å². The molecule has 0 spiro atoms. The number of nitro groups is 1. The fraction of sp³-hybridized carbons (Fsp3) is 0. The van der Waals surface area contributed by atoms with Gasteiger partial charge in [-0.15, -0.1) is 0 Å². The molecule has 0 saturated heterocycles. The summed E-state index contributed by atoms with van der Waals surface area (Å²) in [6.45, 7) is 0. The van der Waals surface area contributed by atoms with Gasteiger partial charge in [-0.3, -0.25) is 14.8 Å². The molecule has 0 unspecified atom stereocenters. The van der Waals surface area contributed by atoms with Gasteiger partial charge in [-0.25, -0.2) is 8.42 Å². The molecule has 104 valence electrons. The third-order valence-electron chi connectivity index (χ3n) is 2.36. The molecule has 0 aromatic heterocycles. The minimum atomic E-state index is -2.89. The van der Waals surface area contributed by atoms with Crippen LogP contribution in [0.15, 0.2) is 48.5 Å². The van der Waals surface area contributed by atoms with Crippen LogP contribution in [0.3, 0.4) is 0 Å². The number of hydrogen-bond acceptors (Lipinski definition) is 5. The molecule has 7 nitrogen and oxygen atoms in total. The molecule has 0 fully saturated rings. The van der Waals surface area contributed by atoms with Crippen LogP contribution >= 0.6 is 0 Å². The Bertz CT molecular complexity index is 692. The molecule has 2 rings (SSSR count). The molecule has 0 aliphatic heterocycles. The lowest BCUT2D eigenvalue weighted by Crippen LogP contribution is -1.99. The third kappa shape index (κ3) is 3.45. The van der Waals surface area contributed by atoms with Gasteiger partial charge in [0.1, 0.15) is 5.75 Å². The first-order valence-corrected chi connectivity index (χ1v) is 6.66. The highest BCUT2D eigenvalue weighted by Crippen LogP contribution is 2.33. The molecule has 20 heavy (non-hydrogen) atoms. The number of rotatable bonds is 5. The summed E-state index contributed by atoms with van der Waals surface area (Å²) in [4.78, 5) is 10.2. The number of ether oxygens (including phenoxy) is 1. The minimum Gasteiger partial charge on any atom is -0.455 e. The van der Waals surface area contributed by atoms with Crippen molar-refractivity contribution in [2.24, 2.45) is 0 Å². The Balaban J connectivity index is 2.40. The van der Waals surface area contributed by atoms with Gasteiger partial charge in [-0.2, -0.15) is 0 Å². The Morgan fingerprint density at radius 1 is 1.10 bits per heavy atom. The Kier molecular flexibility index (Phi) is 4.16. The Labute approximate surface area is 116 Å². The summed E-state index contributed by atoms with van der Waals surface area (Å²) >= 11 is 0. The van der Waals surface area contributed by atoms with Gasteiger partial charge in [0, 0.05) is 6.07 Å². The van der Waals surface area contributed by atoms with E-state index in [0.29, 0.717) is 5.75 Å². The molecular formula is C12H10N2O5S. The number of non-ortho nitro benzene ring substituents is 1. The summed E-state index contributed by atoms with van der Waals surface area (Å²) < 4.78 is 29.1. The van der Waals surface area contributed by atoms with E-state index < -0.39 is 15.8 Å². The van der Waals surface area contributed by atoms with Crippen LogP contribution in [-0.4, -0.2) is 13.3 Å². The molecule has 0 bridgehead atoms. The van der Waals surface area contributed by atoms with Gasteiger partial charge in [0.2, 0.25) is 10.9 Å². The molecule has 0 radical (unpaired) electrons. The fourth-order valence-corrected chi connectivity index (χ4v) is 1.90. The van der Waals surface area contributed by atoms with Crippen molar-refractivity contribution in [2.45, 2.75) is 0 Å². The number of anilines is 1. The first-order valence-electron chi connectivity index (χ1n) is 5.48. The van der Waals surface area contributed by atoms with Gasteiger partial charge in [-0.05, 0) is 18.2 Å². The Hall–Kier alpha value is -2.61. The minimum absolute atomic E-state index is 0.0598. The lowest BCUT2D eigenvalue weighted by atomic mass is 10.2. The Morgan fingerprint density at radius 2 is 1.80 bits per heavy atom. The summed E-state index contributed by atoms with van der Waals surface area (Å²) in [6.07, 6.45) is 0. The van der Waals surface area contributed by atoms with Crippen molar-refractivity contribution in [1.82, 2.24) is 0 Å². The van der Waals surface area contributed by atoms with E-state index in [9.17, 15) is 18.5 Å². The maximum atomic E-state index is 10.7. The van der Waals surface area contributed by atoms with Crippen LogP contribution in [0.5, 0.6) is 11.5 Å². The van der Waals surface area contributed by atoms with E-state index in [1.54, 1.807) is 30.3 Å². The second-order valence-electron chi connectivity index (χ2n) is 3.72. The molecule has 2 aromatic carbocycles. The summed E-state index contributed by atoms with van der Waals surface area (Å²) in [6, 6.07) is 12.2. The smallest absolute Gasteiger partial charge is 0.273 e. The van der Waals surface area contributed by atoms with Crippen molar-refractivity contribution in [1.29, 1.82) is 0 Å². The first-order chi connectivity index (χ1) is 9.56. The summed E-state index contributed by atoms with van der Waals surface area (Å²) in [7, 11) is -2.89. The van der Waals surface area contributed by atoms with Crippen LogP contribution < -0.4 is 9.46 Å². The fourth-order valence-electron chi connectivity index (χ4n) is 1.52.